The van der Waals surface area contributed by atoms with E-state index in [0.29, 0.717) is 22.5 Å². The fraction of sp³-hybridized carbons (Fsp3) is 0.0741. The van der Waals surface area contributed by atoms with Gasteiger partial charge in [0.2, 0.25) is 0 Å². The number of hydrogen-bond donors (Lipinski definition) is 1. The Bertz CT molecular complexity index is 1600. The summed E-state index contributed by atoms with van der Waals surface area (Å²) in [7, 11) is 1.87. The summed E-state index contributed by atoms with van der Waals surface area (Å²) in [5.74, 6) is -0.352. The summed E-state index contributed by atoms with van der Waals surface area (Å²) in [5.41, 5.74) is 3.78. The molecule has 3 aromatic carbocycles. The molecule has 0 spiro atoms. The van der Waals surface area contributed by atoms with E-state index in [9.17, 15) is 9.59 Å². The molecule has 1 N–H and O–H groups in total. The highest BCUT2D eigenvalue weighted by Crippen LogP contribution is 2.25. The molecule has 0 radical (unpaired) electrons. The number of aryl methyl sites for hydroxylation is 1. The van der Waals surface area contributed by atoms with Crippen LogP contribution in [0.3, 0.4) is 0 Å². The van der Waals surface area contributed by atoms with Gasteiger partial charge in [-0.2, -0.15) is 5.10 Å². The number of ketones is 1. The van der Waals surface area contributed by atoms with Crippen LogP contribution in [0.15, 0.2) is 83.8 Å². The number of aromatic amines is 1. The summed E-state index contributed by atoms with van der Waals surface area (Å²) in [6.07, 6.45) is 5.54. The van der Waals surface area contributed by atoms with Gasteiger partial charge in [0.15, 0.2) is 5.78 Å². The average molecular weight is 454 g/mol. The number of H-pyrrole nitrogens is 1. The molecule has 2 aromatic heterocycles. The number of aromatic nitrogens is 3. The van der Waals surface area contributed by atoms with E-state index in [2.05, 4.69) is 10.1 Å². The maximum absolute atomic E-state index is 13.3. The number of benzene rings is 3. The summed E-state index contributed by atoms with van der Waals surface area (Å²) in [6, 6.07) is 20.8. The highest BCUT2D eigenvalue weighted by Gasteiger charge is 2.18. The van der Waals surface area contributed by atoms with Crippen LogP contribution in [-0.2, 0) is 13.5 Å². The summed E-state index contributed by atoms with van der Waals surface area (Å²) >= 11 is 6.26. The van der Waals surface area contributed by atoms with Crippen molar-refractivity contribution in [2.75, 3.05) is 0 Å². The first-order valence-corrected chi connectivity index (χ1v) is 10.9. The number of rotatable bonds is 5. The molecule has 0 aliphatic carbocycles. The van der Waals surface area contributed by atoms with E-state index >= 15 is 0 Å². The van der Waals surface area contributed by atoms with Crippen LogP contribution in [0.5, 0.6) is 0 Å². The maximum Gasteiger partial charge on any atom is 0.259 e. The van der Waals surface area contributed by atoms with E-state index in [1.807, 2.05) is 61.8 Å². The van der Waals surface area contributed by atoms with Crippen molar-refractivity contribution in [3.8, 4) is 0 Å². The summed E-state index contributed by atoms with van der Waals surface area (Å²) in [6.45, 7) is 0. The van der Waals surface area contributed by atoms with Gasteiger partial charge in [-0.1, -0.05) is 54.1 Å². The van der Waals surface area contributed by atoms with Crippen LogP contribution in [0, 0.1) is 0 Å². The maximum atomic E-state index is 13.3. The predicted octanol–water partition coefficient (Wildman–Crippen LogP) is 5.56. The smallest absolute Gasteiger partial charge is 0.259 e. The van der Waals surface area contributed by atoms with Gasteiger partial charge >= 0.3 is 0 Å². The highest BCUT2D eigenvalue weighted by molar-refractivity contribution is 6.31. The minimum absolute atomic E-state index is 0.132. The second-order valence-electron chi connectivity index (χ2n) is 7.98. The summed E-state index contributed by atoms with van der Waals surface area (Å²) in [4.78, 5) is 29.1. The fourth-order valence-electron chi connectivity index (χ4n) is 4.10. The second-order valence-corrected chi connectivity index (χ2v) is 8.41. The Morgan fingerprint density at radius 2 is 1.91 bits per heavy atom. The van der Waals surface area contributed by atoms with E-state index in [1.54, 1.807) is 29.0 Å². The van der Waals surface area contributed by atoms with Crippen molar-refractivity contribution in [1.82, 2.24) is 14.8 Å². The molecule has 162 valence electrons. The van der Waals surface area contributed by atoms with Gasteiger partial charge in [0.1, 0.15) is 0 Å². The third kappa shape index (κ3) is 4.23. The number of nitrogens with zero attached hydrogens (tertiary/aromatic N) is 2. The monoisotopic (exact) mass is 453 g/mol. The van der Waals surface area contributed by atoms with Crippen molar-refractivity contribution in [1.29, 1.82) is 0 Å². The third-order valence-electron chi connectivity index (χ3n) is 5.62. The third-order valence-corrected chi connectivity index (χ3v) is 5.86. The van der Waals surface area contributed by atoms with Crippen LogP contribution in [0.25, 0.3) is 27.9 Å². The first-order valence-electron chi connectivity index (χ1n) is 10.5. The Labute approximate surface area is 194 Å². The lowest BCUT2D eigenvalue weighted by Gasteiger charge is -2.12. The second kappa shape index (κ2) is 8.52. The highest BCUT2D eigenvalue weighted by atomic mass is 35.5. The molecule has 0 aliphatic heterocycles. The number of fused-ring (bicyclic) bond motifs is 2. The summed E-state index contributed by atoms with van der Waals surface area (Å²) in [5, 5.41) is 6.65. The van der Waals surface area contributed by atoms with Crippen molar-refractivity contribution in [3.63, 3.8) is 0 Å². The number of allylic oxidation sites excluding steroid dienone is 1. The zero-order valence-electron chi connectivity index (χ0n) is 17.9. The topological polar surface area (TPSA) is 67.8 Å². The molecule has 0 atom stereocenters. The molecular weight excluding hydrogens is 434 g/mol. The molecule has 0 bridgehead atoms. The van der Waals surface area contributed by atoms with Gasteiger partial charge in [-0.25, -0.2) is 0 Å². The zero-order valence-corrected chi connectivity index (χ0v) is 18.6. The molecule has 2 heterocycles. The Morgan fingerprint density at radius 1 is 1.09 bits per heavy atom. The molecule has 0 amide bonds. The number of carbonyl (C=O) groups is 1. The van der Waals surface area contributed by atoms with Gasteiger partial charge in [-0.15, -0.1) is 0 Å². The van der Waals surface area contributed by atoms with Crippen LogP contribution in [-0.4, -0.2) is 20.5 Å². The molecule has 0 saturated heterocycles. The first-order chi connectivity index (χ1) is 16.0. The molecule has 33 heavy (non-hydrogen) atoms. The van der Waals surface area contributed by atoms with E-state index in [0.717, 1.165) is 27.4 Å². The minimum atomic E-state index is -0.409. The predicted molar refractivity (Wildman–Crippen MR) is 133 cm³/mol. The van der Waals surface area contributed by atoms with Crippen molar-refractivity contribution in [2.45, 2.75) is 6.42 Å². The lowest BCUT2D eigenvalue weighted by molar-refractivity contribution is 0.104. The van der Waals surface area contributed by atoms with Crippen LogP contribution >= 0.6 is 11.6 Å². The largest absolute Gasteiger partial charge is 0.321 e. The molecule has 5 rings (SSSR count). The Balaban J connectivity index is 1.60. The lowest BCUT2D eigenvalue weighted by Crippen LogP contribution is -2.20. The van der Waals surface area contributed by atoms with Crippen molar-refractivity contribution in [3.05, 3.63) is 117 Å². The van der Waals surface area contributed by atoms with E-state index in [4.69, 9.17) is 11.6 Å². The molecule has 5 aromatic rings. The SMILES string of the molecule is Cn1cc2cc(/C=C/C(=O)c3c(Cc4ccccc4)c4cc(Cl)ccc4[nH]c3=O)ccc2n1. The molecule has 0 aliphatic rings. The quantitative estimate of drug-likeness (QED) is 0.280. The lowest BCUT2D eigenvalue weighted by atomic mass is 9.94. The van der Waals surface area contributed by atoms with Gasteiger partial charge in [0.05, 0.1) is 11.1 Å². The number of hydrogen-bond acceptors (Lipinski definition) is 3. The van der Waals surface area contributed by atoms with Gasteiger partial charge in [-0.3, -0.25) is 14.3 Å². The molecule has 0 fully saturated rings. The fourth-order valence-corrected chi connectivity index (χ4v) is 4.27. The molecular formula is C27H20ClN3O2. The number of carbonyl (C=O) groups excluding carboxylic acids is 1. The molecule has 6 heteroatoms. The van der Waals surface area contributed by atoms with Crippen LogP contribution < -0.4 is 5.56 Å². The summed E-state index contributed by atoms with van der Waals surface area (Å²) < 4.78 is 1.75. The standard InChI is InChI=1S/C27H20ClN3O2/c1-31-16-19-13-18(7-10-23(19)30-31)8-12-25(32)26-22(14-17-5-3-2-4-6-17)21-15-20(28)9-11-24(21)29-27(26)33/h2-13,15-16H,14H2,1H3,(H,29,33)/b12-8+. The van der Waals surface area contributed by atoms with Gasteiger partial charge < -0.3 is 4.98 Å². The van der Waals surface area contributed by atoms with Crippen LogP contribution in [0.2, 0.25) is 5.02 Å². The van der Waals surface area contributed by atoms with E-state index in [-0.39, 0.29) is 11.3 Å². The van der Waals surface area contributed by atoms with E-state index in [1.165, 1.54) is 6.08 Å². The molecule has 5 nitrogen and oxygen atoms in total. The van der Waals surface area contributed by atoms with Gasteiger partial charge in [0.25, 0.3) is 5.56 Å². The van der Waals surface area contributed by atoms with Crippen molar-refractivity contribution < 1.29 is 4.79 Å². The van der Waals surface area contributed by atoms with Crippen molar-refractivity contribution in [2.24, 2.45) is 7.05 Å². The zero-order chi connectivity index (χ0) is 22.9. The number of halogens is 1. The van der Waals surface area contributed by atoms with Crippen molar-refractivity contribution >= 4 is 45.3 Å². The average Bonchev–Trinajstić information content (AvgIpc) is 3.18. The number of nitrogens with one attached hydrogen (secondary N) is 1. The minimum Gasteiger partial charge on any atom is -0.321 e. The first kappa shape index (κ1) is 20.9. The van der Waals surface area contributed by atoms with Gasteiger partial charge in [0, 0.05) is 34.6 Å². The number of pyridine rings is 1. The van der Waals surface area contributed by atoms with E-state index < -0.39 is 5.56 Å². The molecule has 0 saturated carbocycles. The molecule has 0 unspecified atom stereocenters. The van der Waals surface area contributed by atoms with Crippen LogP contribution in [0.4, 0.5) is 0 Å². The van der Waals surface area contributed by atoms with Crippen LogP contribution in [0.1, 0.15) is 27.0 Å². The Kier molecular flexibility index (Phi) is 5.40. The van der Waals surface area contributed by atoms with Gasteiger partial charge in [-0.05, 0) is 59.5 Å². The Hall–Kier alpha value is -3.96. The Morgan fingerprint density at radius 3 is 2.73 bits per heavy atom. The normalized spacial score (nSPS) is 11.6.